The molecule has 0 aliphatic heterocycles. The van der Waals surface area contributed by atoms with Crippen LogP contribution in [-0.4, -0.2) is 51.8 Å². The lowest BCUT2D eigenvalue weighted by Crippen LogP contribution is -2.40. The van der Waals surface area contributed by atoms with Gasteiger partial charge >= 0.3 is 0 Å². The summed E-state index contributed by atoms with van der Waals surface area (Å²) < 4.78 is 11.3. The van der Waals surface area contributed by atoms with E-state index in [1.807, 2.05) is 6.92 Å². The van der Waals surface area contributed by atoms with E-state index in [9.17, 15) is 24.9 Å². The topological polar surface area (TPSA) is 113 Å². The summed E-state index contributed by atoms with van der Waals surface area (Å²) >= 11 is 0. The lowest BCUT2D eigenvalue weighted by atomic mass is 9.73. The van der Waals surface area contributed by atoms with Crippen molar-refractivity contribution >= 4 is 11.6 Å². The van der Waals surface area contributed by atoms with Crippen LogP contribution in [0.2, 0.25) is 0 Å². The van der Waals surface area contributed by atoms with Crippen molar-refractivity contribution in [3.63, 3.8) is 0 Å². The Kier molecular flexibility index (Phi) is 5.61. The first kappa shape index (κ1) is 22.5. The van der Waals surface area contributed by atoms with E-state index in [0.717, 1.165) is 0 Å². The summed E-state index contributed by atoms with van der Waals surface area (Å²) in [5, 5.41) is 32.3. The predicted molar refractivity (Wildman–Crippen MR) is 116 cm³/mol. The number of aliphatic hydroxyl groups excluding tert-OH is 1. The zero-order chi connectivity index (χ0) is 23.4. The Morgan fingerprint density at radius 2 is 1.88 bits per heavy atom. The lowest BCUT2D eigenvalue weighted by Gasteiger charge is -2.40. The molecule has 7 nitrogen and oxygen atoms in total. The smallest absolute Gasteiger partial charge is 0.201 e. The number of hydrogen-bond acceptors (Lipinski definition) is 7. The van der Waals surface area contributed by atoms with Crippen molar-refractivity contribution in [2.24, 2.45) is 0 Å². The molecule has 2 aromatic rings. The van der Waals surface area contributed by atoms with Gasteiger partial charge in [-0.05, 0) is 38.0 Å². The number of ketones is 2. The zero-order valence-electron chi connectivity index (χ0n) is 18.6. The number of ether oxygens (including phenoxy) is 2. The minimum atomic E-state index is -1.10. The first-order chi connectivity index (χ1) is 15.1. The van der Waals surface area contributed by atoms with Gasteiger partial charge in [-0.2, -0.15) is 0 Å². The standard InChI is InChI=1S/C25H28O7/c1-5-25(30)10-14-9-16-21(23(28)19(14)18(11-25)32-13(3)12(2)26)24(29)20-15(22(16)27)7-6-8-17(20)31-4/h6-9,12-13,18,26,28,30H,5,10-11H2,1-4H3/t12-,13-,18-,25-/m0/s1. The molecule has 2 aliphatic rings. The van der Waals surface area contributed by atoms with Crippen molar-refractivity contribution in [1.29, 1.82) is 0 Å². The van der Waals surface area contributed by atoms with E-state index in [4.69, 9.17) is 9.47 Å². The summed E-state index contributed by atoms with van der Waals surface area (Å²) in [5.41, 5.74) is 0.220. The molecule has 0 radical (unpaired) electrons. The Morgan fingerprint density at radius 3 is 2.50 bits per heavy atom. The highest BCUT2D eigenvalue weighted by Gasteiger charge is 2.43. The minimum absolute atomic E-state index is 0.0778. The number of aliphatic hydroxyl groups is 2. The van der Waals surface area contributed by atoms with E-state index in [1.54, 1.807) is 38.1 Å². The third-order valence-electron chi connectivity index (χ3n) is 6.74. The largest absolute Gasteiger partial charge is 0.507 e. The van der Waals surface area contributed by atoms with Gasteiger partial charge in [0, 0.05) is 29.5 Å². The molecule has 2 aliphatic carbocycles. The number of benzene rings is 2. The van der Waals surface area contributed by atoms with Gasteiger partial charge in [0.1, 0.15) is 11.5 Å². The summed E-state index contributed by atoms with van der Waals surface area (Å²) in [6, 6.07) is 6.40. The van der Waals surface area contributed by atoms with E-state index < -0.39 is 29.7 Å². The van der Waals surface area contributed by atoms with Gasteiger partial charge in [0.25, 0.3) is 0 Å². The third-order valence-corrected chi connectivity index (χ3v) is 6.74. The number of methoxy groups -OCH3 is 1. The molecule has 0 heterocycles. The number of carbonyl (C=O) groups excluding carboxylic acids is 2. The second-order valence-corrected chi connectivity index (χ2v) is 8.79. The number of phenolic OH excluding ortho intramolecular Hbond substituents is 1. The van der Waals surface area contributed by atoms with Crippen LogP contribution in [0.3, 0.4) is 0 Å². The van der Waals surface area contributed by atoms with Gasteiger partial charge in [0.2, 0.25) is 5.78 Å². The number of hydrogen-bond donors (Lipinski definition) is 3. The number of carbonyl (C=O) groups is 2. The van der Waals surface area contributed by atoms with Crippen molar-refractivity contribution < 1.29 is 34.4 Å². The molecular weight excluding hydrogens is 412 g/mol. The molecule has 170 valence electrons. The van der Waals surface area contributed by atoms with E-state index >= 15 is 0 Å². The second-order valence-electron chi connectivity index (χ2n) is 8.79. The Bertz CT molecular complexity index is 1100. The van der Waals surface area contributed by atoms with Gasteiger partial charge < -0.3 is 24.8 Å². The van der Waals surface area contributed by atoms with E-state index in [1.165, 1.54) is 7.11 Å². The fourth-order valence-corrected chi connectivity index (χ4v) is 4.68. The second kappa shape index (κ2) is 7.99. The molecule has 2 aromatic carbocycles. The predicted octanol–water partition coefficient (Wildman–Crippen LogP) is 3.09. The van der Waals surface area contributed by atoms with Crippen molar-refractivity contribution in [2.45, 2.75) is 63.9 Å². The molecule has 0 aromatic heterocycles. The van der Waals surface area contributed by atoms with Crippen LogP contribution in [-0.2, 0) is 11.2 Å². The normalized spacial score (nSPS) is 23.8. The van der Waals surface area contributed by atoms with Crippen molar-refractivity contribution in [1.82, 2.24) is 0 Å². The minimum Gasteiger partial charge on any atom is -0.507 e. The quantitative estimate of drug-likeness (QED) is 0.559. The van der Waals surface area contributed by atoms with Crippen LogP contribution in [0.1, 0.15) is 82.7 Å². The Morgan fingerprint density at radius 1 is 1.16 bits per heavy atom. The van der Waals surface area contributed by atoms with Crippen LogP contribution in [0.25, 0.3) is 0 Å². The Hall–Kier alpha value is -2.74. The fourth-order valence-electron chi connectivity index (χ4n) is 4.68. The molecule has 0 amide bonds. The molecule has 0 spiro atoms. The molecule has 4 atom stereocenters. The molecule has 32 heavy (non-hydrogen) atoms. The molecule has 0 saturated carbocycles. The maximum absolute atomic E-state index is 13.4. The summed E-state index contributed by atoms with van der Waals surface area (Å²) in [4.78, 5) is 26.7. The van der Waals surface area contributed by atoms with Crippen LogP contribution in [0, 0.1) is 0 Å². The number of rotatable bonds is 5. The zero-order valence-corrected chi connectivity index (χ0v) is 18.6. The molecule has 4 rings (SSSR count). The Labute approximate surface area is 186 Å². The highest BCUT2D eigenvalue weighted by atomic mass is 16.5. The van der Waals surface area contributed by atoms with Gasteiger partial charge in [-0.25, -0.2) is 0 Å². The highest BCUT2D eigenvalue weighted by Crippen LogP contribution is 2.48. The molecule has 0 bridgehead atoms. The van der Waals surface area contributed by atoms with E-state index in [0.29, 0.717) is 17.5 Å². The Balaban J connectivity index is 1.92. The van der Waals surface area contributed by atoms with Crippen LogP contribution in [0.5, 0.6) is 11.5 Å². The average Bonchev–Trinajstić information content (AvgIpc) is 2.76. The van der Waals surface area contributed by atoms with Gasteiger partial charge in [0.15, 0.2) is 5.78 Å². The number of phenols is 1. The SMILES string of the molecule is CC[C@]1(O)Cc2cc3c(c(O)c2[C@@H](O[C@@H](C)[C@H](C)O)C1)C(=O)c1c(OC)cccc1C3=O. The summed E-state index contributed by atoms with van der Waals surface area (Å²) in [6.07, 6.45) is -1.23. The maximum atomic E-state index is 13.4. The summed E-state index contributed by atoms with van der Waals surface area (Å²) in [6.45, 7) is 5.16. The van der Waals surface area contributed by atoms with Crippen molar-refractivity contribution in [3.05, 3.63) is 57.6 Å². The summed E-state index contributed by atoms with van der Waals surface area (Å²) in [7, 11) is 1.42. The van der Waals surface area contributed by atoms with Crippen LogP contribution >= 0.6 is 0 Å². The number of aromatic hydroxyl groups is 1. The van der Waals surface area contributed by atoms with Crippen molar-refractivity contribution in [2.75, 3.05) is 7.11 Å². The molecular formula is C25H28O7. The summed E-state index contributed by atoms with van der Waals surface area (Å²) in [5.74, 6) is -0.925. The molecule has 3 N–H and O–H groups in total. The van der Waals surface area contributed by atoms with Crippen LogP contribution < -0.4 is 4.74 Å². The monoisotopic (exact) mass is 440 g/mol. The van der Waals surface area contributed by atoms with Gasteiger partial charge in [-0.1, -0.05) is 19.1 Å². The average molecular weight is 440 g/mol. The first-order valence-electron chi connectivity index (χ1n) is 10.8. The fraction of sp³-hybridized carbons (Fsp3) is 0.440. The van der Waals surface area contributed by atoms with Gasteiger partial charge in [0.05, 0.1) is 42.1 Å². The molecule has 7 heteroatoms. The lowest BCUT2D eigenvalue weighted by molar-refractivity contribution is -0.105. The van der Waals surface area contributed by atoms with Crippen molar-refractivity contribution in [3.8, 4) is 11.5 Å². The molecule has 0 unspecified atom stereocenters. The van der Waals surface area contributed by atoms with E-state index in [2.05, 4.69) is 0 Å². The van der Waals surface area contributed by atoms with Gasteiger partial charge in [-0.15, -0.1) is 0 Å². The van der Waals surface area contributed by atoms with E-state index in [-0.39, 0.29) is 52.4 Å². The van der Waals surface area contributed by atoms with Gasteiger partial charge in [-0.3, -0.25) is 9.59 Å². The third kappa shape index (κ3) is 3.41. The number of fused-ring (bicyclic) bond motifs is 3. The van der Waals surface area contributed by atoms with Crippen LogP contribution in [0.4, 0.5) is 0 Å². The molecule has 0 saturated heterocycles. The van der Waals surface area contributed by atoms with Crippen LogP contribution in [0.15, 0.2) is 24.3 Å². The maximum Gasteiger partial charge on any atom is 0.201 e. The molecule has 0 fully saturated rings. The first-order valence-corrected chi connectivity index (χ1v) is 10.8. The highest BCUT2D eigenvalue weighted by molar-refractivity contribution is 6.30.